The molecule has 2 amide bonds. The number of aromatic nitrogens is 2. The van der Waals surface area contributed by atoms with Crippen LogP contribution in [-0.4, -0.2) is 34.9 Å². The fraction of sp³-hybridized carbons (Fsp3) is 0.591. The van der Waals surface area contributed by atoms with E-state index in [1.807, 2.05) is 6.07 Å². The fourth-order valence-electron chi connectivity index (χ4n) is 6.47. The van der Waals surface area contributed by atoms with Crippen molar-refractivity contribution in [3.8, 4) is 0 Å². The summed E-state index contributed by atoms with van der Waals surface area (Å²) in [6.07, 6.45) is 10.2. The summed E-state index contributed by atoms with van der Waals surface area (Å²) in [6.45, 7) is 0.912. The second-order valence-electron chi connectivity index (χ2n) is 9.33. The zero-order valence-electron chi connectivity index (χ0n) is 16.2. The van der Waals surface area contributed by atoms with Gasteiger partial charge in [-0.15, -0.1) is 0 Å². The van der Waals surface area contributed by atoms with Gasteiger partial charge in [-0.05, 0) is 79.9 Å². The van der Waals surface area contributed by atoms with Crippen molar-refractivity contribution >= 4 is 22.8 Å². The van der Waals surface area contributed by atoms with Gasteiger partial charge in [-0.1, -0.05) is 0 Å². The van der Waals surface area contributed by atoms with Gasteiger partial charge in [0.1, 0.15) is 0 Å². The Kier molecular flexibility index (Phi) is 4.37. The largest absolute Gasteiger partial charge is 0.354 e. The van der Waals surface area contributed by atoms with Crippen LogP contribution in [0, 0.1) is 23.2 Å². The lowest BCUT2D eigenvalue weighted by Gasteiger charge is -2.56. The van der Waals surface area contributed by atoms with E-state index in [2.05, 4.69) is 20.6 Å². The molecule has 0 spiro atoms. The number of rotatable bonds is 6. The van der Waals surface area contributed by atoms with Gasteiger partial charge < -0.3 is 15.6 Å². The Morgan fingerprint density at radius 3 is 2.43 bits per heavy atom. The van der Waals surface area contributed by atoms with Gasteiger partial charge in [0, 0.05) is 25.1 Å². The number of carbonyl (C=O) groups excluding carboxylic acids is 2. The van der Waals surface area contributed by atoms with Crippen LogP contribution in [0.4, 0.5) is 0 Å². The lowest BCUT2D eigenvalue weighted by molar-refractivity contribution is -0.129. The van der Waals surface area contributed by atoms with Crippen LogP contribution in [-0.2, 0) is 4.79 Å². The van der Waals surface area contributed by atoms with Crippen LogP contribution in [0.25, 0.3) is 11.0 Å². The predicted octanol–water partition coefficient (Wildman–Crippen LogP) is 3.02. The molecule has 4 fully saturated rings. The lowest BCUT2D eigenvalue weighted by Crippen LogP contribution is -2.48. The molecule has 6 rings (SSSR count). The fourth-order valence-corrected chi connectivity index (χ4v) is 6.47. The molecule has 2 aromatic rings. The van der Waals surface area contributed by atoms with Crippen LogP contribution >= 0.6 is 0 Å². The van der Waals surface area contributed by atoms with Gasteiger partial charge in [0.05, 0.1) is 17.4 Å². The highest BCUT2D eigenvalue weighted by molar-refractivity contribution is 5.97. The van der Waals surface area contributed by atoms with Crippen molar-refractivity contribution in [1.29, 1.82) is 0 Å². The molecule has 4 aliphatic rings. The van der Waals surface area contributed by atoms with Crippen molar-refractivity contribution < 1.29 is 9.59 Å². The molecular formula is C22H28N4O2. The van der Waals surface area contributed by atoms with Gasteiger partial charge in [0.25, 0.3) is 5.91 Å². The number of nitrogens with one attached hydrogen (secondary N) is 3. The highest BCUT2D eigenvalue weighted by atomic mass is 16.2. The summed E-state index contributed by atoms with van der Waals surface area (Å²) in [4.78, 5) is 32.0. The molecule has 0 radical (unpaired) electrons. The van der Waals surface area contributed by atoms with Crippen molar-refractivity contribution in [3.63, 3.8) is 0 Å². The molecule has 0 atom stereocenters. The van der Waals surface area contributed by atoms with E-state index in [1.54, 1.807) is 18.5 Å². The Labute approximate surface area is 164 Å². The van der Waals surface area contributed by atoms with Crippen LogP contribution in [0.2, 0.25) is 0 Å². The van der Waals surface area contributed by atoms with Crippen LogP contribution in [0.5, 0.6) is 0 Å². The number of imidazole rings is 1. The maximum atomic E-state index is 12.5. The van der Waals surface area contributed by atoms with Crippen molar-refractivity contribution in [2.24, 2.45) is 23.2 Å². The van der Waals surface area contributed by atoms with Crippen LogP contribution in [0.1, 0.15) is 55.3 Å². The molecule has 0 aliphatic heterocycles. The molecular weight excluding hydrogens is 352 g/mol. The van der Waals surface area contributed by atoms with E-state index >= 15 is 0 Å². The Morgan fingerprint density at radius 1 is 1.04 bits per heavy atom. The molecule has 1 aromatic heterocycles. The van der Waals surface area contributed by atoms with E-state index in [-0.39, 0.29) is 17.2 Å². The van der Waals surface area contributed by atoms with Gasteiger partial charge >= 0.3 is 0 Å². The minimum atomic E-state index is -0.133. The Hall–Kier alpha value is -2.37. The summed E-state index contributed by atoms with van der Waals surface area (Å²) in [5.41, 5.74) is 2.54. The first-order valence-corrected chi connectivity index (χ1v) is 10.6. The third-order valence-corrected chi connectivity index (χ3v) is 7.12. The van der Waals surface area contributed by atoms with Gasteiger partial charge in [-0.25, -0.2) is 4.98 Å². The van der Waals surface area contributed by atoms with Crippen molar-refractivity contribution in [3.05, 3.63) is 30.1 Å². The second kappa shape index (κ2) is 6.90. The van der Waals surface area contributed by atoms with Gasteiger partial charge in [-0.2, -0.15) is 0 Å². The van der Waals surface area contributed by atoms with Crippen LogP contribution < -0.4 is 10.6 Å². The molecule has 1 aromatic carbocycles. The van der Waals surface area contributed by atoms with Crippen molar-refractivity contribution in [2.45, 2.75) is 44.9 Å². The minimum absolute atomic E-state index is 0.133. The van der Waals surface area contributed by atoms with Crippen molar-refractivity contribution in [2.75, 3.05) is 13.1 Å². The van der Waals surface area contributed by atoms with E-state index in [4.69, 9.17) is 0 Å². The maximum Gasteiger partial charge on any atom is 0.251 e. The number of benzene rings is 1. The summed E-state index contributed by atoms with van der Waals surface area (Å²) in [7, 11) is 0. The maximum absolute atomic E-state index is 12.5. The number of hydrogen-bond acceptors (Lipinski definition) is 3. The smallest absolute Gasteiger partial charge is 0.251 e. The topological polar surface area (TPSA) is 86.9 Å². The highest BCUT2D eigenvalue weighted by Crippen LogP contribution is 2.61. The van der Waals surface area contributed by atoms with Crippen molar-refractivity contribution in [1.82, 2.24) is 20.6 Å². The second-order valence-corrected chi connectivity index (χ2v) is 9.33. The Balaban J connectivity index is 1.08. The number of nitrogens with zero attached hydrogens (tertiary/aromatic N) is 1. The summed E-state index contributed by atoms with van der Waals surface area (Å²) in [5.74, 6) is 2.61. The highest BCUT2D eigenvalue weighted by Gasteiger charge is 2.51. The molecule has 4 aliphatic carbocycles. The molecule has 6 nitrogen and oxygen atoms in total. The lowest BCUT2D eigenvalue weighted by atomic mass is 9.49. The molecule has 4 bridgehead atoms. The molecule has 1 heterocycles. The number of amides is 2. The molecule has 3 N–H and O–H groups in total. The van der Waals surface area contributed by atoms with E-state index in [0.29, 0.717) is 25.1 Å². The number of hydrogen-bond donors (Lipinski definition) is 3. The minimum Gasteiger partial charge on any atom is -0.354 e. The monoisotopic (exact) mass is 380 g/mol. The standard InChI is InChI=1S/C22H28N4O2/c27-20(12-22-9-14-5-15(10-22)7-16(6-14)11-22)23-3-4-24-21(28)17-1-2-18-19(8-17)26-13-25-18/h1-2,8,13-16H,3-7,9-12H2,(H,23,27)(H,24,28)(H,25,26). The number of fused-ring (bicyclic) bond motifs is 1. The average Bonchev–Trinajstić information content (AvgIpc) is 3.11. The van der Waals surface area contributed by atoms with E-state index in [1.165, 1.54) is 38.5 Å². The number of H-pyrrole nitrogens is 1. The first-order chi connectivity index (χ1) is 13.6. The summed E-state index contributed by atoms with van der Waals surface area (Å²) >= 11 is 0. The summed E-state index contributed by atoms with van der Waals surface area (Å²) in [5, 5.41) is 5.90. The Morgan fingerprint density at radius 2 is 1.71 bits per heavy atom. The summed E-state index contributed by atoms with van der Waals surface area (Å²) < 4.78 is 0. The Bertz CT molecular complexity index is 868. The molecule has 4 saturated carbocycles. The van der Waals surface area contributed by atoms with Gasteiger partial charge in [0.2, 0.25) is 5.91 Å². The quantitative estimate of drug-likeness (QED) is 0.673. The molecule has 0 unspecified atom stereocenters. The molecule has 6 heteroatoms. The SMILES string of the molecule is O=C(CC12CC3CC(CC(C3)C1)C2)NCCNC(=O)c1ccc2nc[nH]c2c1. The first-order valence-electron chi connectivity index (χ1n) is 10.6. The third-order valence-electron chi connectivity index (χ3n) is 7.12. The first kappa shape index (κ1) is 17.7. The zero-order chi connectivity index (χ0) is 19.1. The van der Waals surface area contributed by atoms with E-state index in [0.717, 1.165) is 28.8 Å². The van der Waals surface area contributed by atoms with E-state index in [9.17, 15) is 9.59 Å². The third kappa shape index (κ3) is 3.40. The summed E-state index contributed by atoms with van der Waals surface area (Å²) in [6, 6.07) is 5.39. The molecule has 28 heavy (non-hydrogen) atoms. The van der Waals surface area contributed by atoms with Crippen LogP contribution in [0.15, 0.2) is 24.5 Å². The van der Waals surface area contributed by atoms with E-state index < -0.39 is 0 Å². The normalized spacial score (nSPS) is 30.5. The number of carbonyl (C=O) groups is 2. The van der Waals surface area contributed by atoms with Gasteiger partial charge in [-0.3, -0.25) is 9.59 Å². The zero-order valence-corrected chi connectivity index (χ0v) is 16.2. The molecule has 0 saturated heterocycles. The predicted molar refractivity (Wildman–Crippen MR) is 107 cm³/mol. The average molecular weight is 380 g/mol. The van der Waals surface area contributed by atoms with Crippen LogP contribution in [0.3, 0.4) is 0 Å². The molecule has 148 valence electrons. The van der Waals surface area contributed by atoms with Gasteiger partial charge in [0.15, 0.2) is 0 Å². The number of aromatic amines is 1.